The molecule has 4 atom stereocenters. The Morgan fingerprint density at radius 1 is 1.04 bits per heavy atom. The number of aliphatic hydroxyl groups is 2. The molecular weight excluding hydrogens is 584 g/mol. The van der Waals surface area contributed by atoms with Crippen molar-refractivity contribution in [3.8, 4) is 5.75 Å². The van der Waals surface area contributed by atoms with Gasteiger partial charge < -0.3 is 19.9 Å². The summed E-state index contributed by atoms with van der Waals surface area (Å²) in [4.78, 5) is 20.4. The number of carbonyl (C=O) groups excluding carboxylic acids is 1. The Morgan fingerprint density at radius 2 is 1.85 bits per heavy atom. The number of ketones is 1. The Balaban J connectivity index is 1.26. The number of benzene rings is 3. The van der Waals surface area contributed by atoms with Gasteiger partial charge in [-0.2, -0.15) is 0 Å². The summed E-state index contributed by atoms with van der Waals surface area (Å²) in [6.45, 7) is 6.74. The normalized spacial score (nSPS) is 26.8. The van der Waals surface area contributed by atoms with E-state index in [9.17, 15) is 15.0 Å². The summed E-state index contributed by atoms with van der Waals surface area (Å²) in [5, 5.41) is 25.1. The highest BCUT2D eigenvalue weighted by Crippen LogP contribution is 2.59. The lowest BCUT2D eigenvalue weighted by molar-refractivity contribution is -0.0857. The van der Waals surface area contributed by atoms with E-state index in [2.05, 4.69) is 66.2 Å². The van der Waals surface area contributed by atoms with Gasteiger partial charge in [0.25, 0.3) is 0 Å². The highest BCUT2D eigenvalue weighted by molar-refractivity contribution is 6.10. The lowest BCUT2D eigenvalue weighted by Gasteiger charge is -2.46. The number of carbonyl (C=O) groups is 1. The molecule has 246 valence electrons. The Labute approximate surface area is 278 Å². The Hall–Kier alpha value is -3.71. The summed E-state index contributed by atoms with van der Waals surface area (Å²) in [5.41, 5.74) is 7.04. The van der Waals surface area contributed by atoms with E-state index < -0.39 is 17.1 Å². The second-order valence-corrected chi connectivity index (χ2v) is 14.6. The van der Waals surface area contributed by atoms with Crippen molar-refractivity contribution >= 4 is 16.7 Å². The standard InChI is InChI=1S/C41H48N2O4/c1-27-7-6-20-40(2)36(18-21-41(40,46)26-43-22-19-34-33-8-4-5-9-37(33)42-38(34)25-43)32-17-11-28(23-30(44)14-10-27)24-35(32)39(45)29-12-15-31(47-3)16-13-29/h4-5,7-9,11-13,15-17,24,30,36,42,44,46H,6,10,14,18-23,25-26H2,1-3H3/t30-,36-,40-,41+/m0/s1. The molecular formula is C41H48N2O4. The van der Waals surface area contributed by atoms with E-state index in [1.54, 1.807) is 7.11 Å². The molecule has 3 aromatic carbocycles. The fraction of sp³-hybridized carbons (Fsp3) is 0.439. The molecule has 1 aliphatic heterocycles. The number of allylic oxidation sites excluding steroid dienone is 2. The molecule has 0 saturated heterocycles. The van der Waals surface area contributed by atoms with Gasteiger partial charge in [-0.15, -0.1) is 0 Å². The number of rotatable bonds is 5. The van der Waals surface area contributed by atoms with Crippen LogP contribution in [-0.4, -0.2) is 57.8 Å². The first-order chi connectivity index (χ1) is 22.7. The van der Waals surface area contributed by atoms with Crippen molar-refractivity contribution in [1.82, 2.24) is 9.88 Å². The molecule has 1 fully saturated rings. The van der Waals surface area contributed by atoms with Gasteiger partial charge in [0, 0.05) is 52.8 Å². The minimum Gasteiger partial charge on any atom is -0.497 e. The minimum atomic E-state index is -0.921. The van der Waals surface area contributed by atoms with Crippen LogP contribution in [0.2, 0.25) is 0 Å². The number of nitrogens with zero attached hydrogens (tertiary/aromatic N) is 1. The van der Waals surface area contributed by atoms with Gasteiger partial charge in [0.2, 0.25) is 0 Å². The van der Waals surface area contributed by atoms with Crippen molar-refractivity contribution in [2.24, 2.45) is 5.41 Å². The molecule has 8 rings (SSSR count). The third-order valence-electron chi connectivity index (χ3n) is 11.7. The van der Waals surface area contributed by atoms with Gasteiger partial charge >= 0.3 is 0 Å². The van der Waals surface area contributed by atoms with Crippen molar-refractivity contribution in [3.63, 3.8) is 0 Å². The molecule has 1 aromatic heterocycles. The van der Waals surface area contributed by atoms with E-state index in [4.69, 9.17) is 4.74 Å². The van der Waals surface area contributed by atoms with E-state index in [0.29, 0.717) is 42.7 Å². The maximum Gasteiger partial charge on any atom is 0.193 e. The van der Waals surface area contributed by atoms with Gasteiger partial charge in [0.1, 0.15) is 5.75 Å². The van der Waals surface area contributed by atoms with Crippen molar-refractivity contribution in [2.45, 2.75) is 89.4 Å². The predicted molar refractivity (Wildman–Crippen MR) is 187 cm³/mol. The van der Waals surface area contributed by atoms with Crippen LogP contribution in [0, 0.1) is 5.41 Å². The maximum atomic E-state index is 14.3. The van der Waals surface area contributed by atoms with E-state index in [1.165, 1.54) is 27.7 Å². The van der Waals surface area contributed by atoms with Crippen LogP contribution in [-0.2, 0) is 19.4 Å². The molecule has 3 aliphatic carbocycles. The van der Waals surface area contributed by atoms with Crippen molar-refractivity contribution in [2.75, 3.05) is 20.2 Å². The van der Waals surface area contributed by atoms with E-state index in [0.717, 1.165) is 56.3 Å². The number of β-amino-alcohol motifs (C(OH)–C–C–N with tert-alkyl or cyclic N) is 1. The quantitative estimate of drug-likeness (QED) is 0.157. The van der Waals surface area contributed by atoms with Crippen LogP contribution in [0.4, 0.5) is 0 Å². The third-order valence-corrected chi connectivity index (χ3v) is 11.7. The van der Waals surface area contributed by atoms with Crippen LogP contribution in [0.5, 0.6) is 5.75 Å². The molecule has 0 unspecified atom stereocenters. The molecule has 1 saturated carbocycles. The molecule has 2 bridgehead atoms. The lowest BCUT2D eigenvalue weighted by atomic mass is 9.64. The highest BCUT2D eigenvalue weighted by atomic mass is 16.5. The number of methoxy groups -OCH3 is 1. The monoisotopic (exact) mass is 632 g/mol. The molecule has 4 aromatic rings. The summed E-state index contributed by atoms with van der Waals surface area (Å²) in [6.07, 6.45) is 7.99. The Kier molecular flexibility index (Phi) is 8.62. The van der Waals surface area contributed by atoms with Crippen LogP contribution in [0.1, 0.15) is 96.6 Å². The van der Waals surface area contributed by atoms with E-state index in [-0.39, 0.29) is 11.7 Å². The fourth-order valence-corrected chi connectivity index (χ4v) is 8.85. The van der Waals surface area contributed by atoms with Crippen molar-refractivity contribution in [3.05, 3.63) is 112 Å². The number of ether oxygens (including phenoxy) is 1. The molecule has 0 amide bonds. The zero-order valence-electron chi connectivity index (χ0n) is 28.0. The molecule has 0 spiro atoms. The van der Waals surface area contributed by atoms with Crippen molar-refractivity contribution < 1.29 is 19.7 Å². The summed E-state index contributed by atoms with van der Waals surface area (Å²) in [5.74, 6) is 0.692. The lowest BCUT2D eigenvalue weighted by Crippen LogP contribution is -2.53. The smallest absolute Gasteiger partial charge is 0.193 e. The number of para-hydroxylation sites is 1. The summed E-state index contributed by atoms with van der Waals surface area (Å²) < 4.78 is 5.36. The van der Waals surface area contributed by atoms with Crippen LogP contribution in [0.15, 0.2) is 78.4 Å². The number of hydrogen-bond donors (Lipinski definition) is 3. The highest BCUT2D eigenvalue weighted by Gasteiger charge is 2.57. The van der Waals surface area contributed by atoms with Gasteiger partial charge in [0.05, 0.1) is 18.8 Å². The molecule has 6 nitrogen and oxygen atoms in total. The average molecular weight is 633 g/mol. The molecule has 0 radical (unpaired) electrons. The average Bonchev–Trinajstić information content (AvgIpc) is 3.56. The molecule has 3 N–H and O–H groups in total. The summed E-state index contributed by atoms with van der Waals surface area (Å²) in [6, 6.07) is 22.1. The number of hydrogen-bond acceptors (Lipinski definition) is 5. The molecule has 4 aliphatic rings. The van der Waals surface area contributed by atoms with Crippen LogP contribution in [0.3, 0.4) is 0 Å². The van der Waals surface area contributed by atoms with Gasteiger partial charge in [-0.3, -0.25) is 9.69 Å². The van der Waals surface area contributed by atoms with Gasteiger partial charge in [-0.05, 0) is 117 Å². The molecule has 47 heavy (non-hydrogen) atoms. The first-order valence-corrected chi connectivity index (χ1v) is 17.4. The van der Waals surface area contributed by atoms with E-state index in [1.807, 2.05) is 30.3 Å². The van der Waals surface area contributed by atoms with Crippen LogP contribution in [0.25, 0.3) is 10.9 Å². The van der Waals surface area contributed by atoms with Crippen LogP contribution < -0.4 is 4.74 Å². The number of aliphatic hydroxyl groups excluding tert-OH is 1. The number of H-pyrrole nitrogens is 1. The number of aromatic nitrogens is 1. The van der Waals surface area contributed by atoms with Gasteiger partial charge in [-0.1, -0.05) is 48.9 Å². The Morgan fingerprint density at radius 3 is 2.66 bits per heavy atom. The fourth-order valence-electron chi connectivity index (χ4n) is 8.85. The topological polar surface area (TPSA) is 85.8 Å². The van der Waals surface area contributed by atoms with Crippen LogP contribution >= 0.6 is 0 Å². The molecule has 2 heterocycles. The predicted octanol–water partition coefficient (Wildman–Crippen LogP) is 7.50. The SMILES string of the molecule is COc1ccc(C(=O)c2cc3ccc2[C@@H]2CC[C@@](O)(CN4CCc5c([nH]c6ccccc56)C4)[C@@]2(C)CCC=C(C)CC[C@H](O)C3)cc1. The third kappa shape index (κ3) is 5.96. The van der Waals surface area contributed by atoms with E-state index >= 15 is 0 Å². The first-order valence-electron chi connectivity index (χ1n) is 17.4. The second-order valence-electron chi connectivity index (χ2n) is 14.6. The van der Waals surface area contributed by atoms with Gasteiger partial charge in [0.15, 0.2) is 5.78 Å². The Bertz CT molecular complexity index is 1810. The minimum absolute atomic E-state index is 0.00810. The molecule has 6 heteroatoms. The van der Waals surface area contributed by atoms with Gasteiger partial charge in [-0.25, -0.2) is 0 Å². The summed E-state index contributed by atoms with van der Waals surface area (Å²) in [7, 11) is 1.63. The zero-order chi connectivity index (χ0) is 32.8. The first kappa shape index (κ1) is 31.9. The zero-order valence-corrected chi connectivity index (χ0v) is 28.0. The second kappa shape index (κ2) is 12.7. The number of aromatic amines is 1. The largest absolute Gasteiger partial charge is 0.497 e. The number of nitrogens with one attached hydrogen (secondary N) is 1. The number of fused-ring (bicyclic) bond motifs is 11. The maximum absolute atomic E-state index is 14.3. The summed E-state index contributed by atoms with van der Waals surface area (Å²) >= 11 is 0. The van der Waals surface area contributed by atoms with Crippen molar-refractivity contribution in [1.29, 1.82) is 0 Å².